The Hall–Kier alpha value is -2.02. The maximum absolute atomic E-state index is 14.2. The standard InChI is InChI=1S/C11H9F2N3O4/c1-2-9-6(17)10(9,19)11(12,13)7(20-9)16-4-3-5(14)15-8(16)18/h1,3-4,6-7,17,19H,(H2,14,15,18)/t6-,7-,9-,10-/m1/s1. The van der Waals surface area contributed by atoms with E-state index in [2.05, 4.69) is 4.98 Å². The fraction of sp³-hybridized carbons (Fsp3) is 0.455. The van der Waals surface area contributed by atoms with Gasteiger partial charge in [0.15, 0.2) is 5.60 Å². The molecule has 0 bridgehead atoms. The van der Waals surface area contributed by atoms with Crippen molar-refractivity contribution in [3.63, 3.8) is 0 Å². The molecule has 3 rings (SSSR count). The summed E-state index contributed by atoms with van der Waals surface area (Å²) in [7, 11) is 0. The second-order valence-corrected chi connectivity index (χ2v) is 4.68. The van der Waals surface area contributed by atoms with Crippen LogP contribution in [0.2, 0.25) is 0 Å². The van der Waals surface area contributed by atoms with Crippen LogP contribution in [0.25, 0.3) is 0 Å². The number of hydrogen-bond donors (Lipinski definition) is 3. The summed E-state index contributed by atoms with van der Waals surface area (Å²) >= 11 is 0. The summed E-state index contributed by atoms with van der Waals surface area (Å²) in [6, 6.07) is 1.12. The summed E-state index contributed by atoms with van der Waals surface area (Å²) in [5, 5.41) is 19.3. The minimum absolute atomic E-state index is 0.150. The SMILES string of the molecule is C#C[C@]12O[C@@H](n3ccc(N)nc3=O)C(F)(F)[C@@]1(O)[C@@H]2O. The van der Waals surface area contributed by atoms with Crippen molar-refractivity contribution in [2.45, 2.75) is 29.5 Å². The lowest BCUT2D eigenvalue weighted by Gasteiger charge is -2.25. The number of nitrogens with two attached hydrogens (primary N) is 1. The van der Waals surface area contributed by atoms with Gasteiger partial charge < -0.3 is 20.7 Å². The number of nitrogen functional groups attached to an aromatic ring is 1. The zero-order valence-corrected chi connectivity index (χ0v) is 9.83. The predicted molar refractivity (Wildman–Crippen MR) is 60.5 cm³/mol. The first-order valence-electron chi connectivity index (χ1n) is 5.51. The number of aliphatic hydroxyl groups is 2. The quantitative estimate of drug-likeness (QED) is 0.540. The second-order valence-electron chi connectivity index (χ2n) is 4.68. The molecule has 1 aromatic rings. The van der Waals surface area contributed by atoms with E-state index in [0.29, 0.717) is 4.57 Å². The molecule has 1 saturated carbocycles. The van der Waals surface area contributed by atoms with E-state index < -0.39 is 35.1 Å². The van der Waals surface area contributed by atoms with Crippen molar-refractivity contribution in [1.82, 2.24) is 9.55 Å². The fourth-order valence-corrected chi connectivity index (χ4v) is 2.50. The number of terminal acetylenes is 1. The highest BCUT2D eigenvalue weighted by Crippen LogP contribution is 2.68. The Balaban J connectivity index is 2.11. The van der Waals surface area contributed by atoms with Crippen molar-refractivity contribution in [2.75, 3.05) is 5.73 Å². The molecule has 2 heterocycles. The van der Waals surface area contributed by atoms with Crippen molar-refractivity contribution in [3.05, 3.63) is 22.7 Å². The van der Waals surface area contributed by atoms with Gasteiger partial charge in [-0.2, -0.15) is 13.8 Å². The highest BCUT2D eigenvalue weighted by atomic mass is 19.3. The van der Waals surface area contributed by atoms with Crippen molar-refractivity contribution >= 4 is 5.82 Å². The minimum atomic E-state index is -3.97. The number of halogens is 2. The van der Waals surface area contributed by atoms with Crippen LogP contribution in [0.3, 0.4) is 0 Å². The lowest BCUT2D eigenvalue weighted by molar-refractivity contribution is -0.199. The van der Waals surface area contributed by atoms with Crippen LogP contribution in [-0.4, -0.2) is 43.0 Å². The number of rotatable bonds is 1. The molecule has 4 N–H and O–H groups in total. The van der Waals surface area contributed by atoms with Crippen LogP contribution in [0.5, 0.6) is 0 Å². The Kier molecular flexibility index (Phi) is 2.17. The maximum atomic E-state index is 14.2. The first kappa shape index (κ1) is 13.0. The van der Waals surface area contributed by atoms with Gasteiger partial charge in [-0.05, 0) is 6.07 Å². The lowest BCUT2D eigenvalue weighted by atomic mass is 10.1. The van der Waals surface area contributed by atoms with Crippen LogP contribution in [0.1, 0.15) is 6.23 Å². The Labute approximate surface area is 110 Å². The molecular formula is C11H9F2N3O4. The highest BCUT2D eigenvalue weighted by Gasteiger charge is 2.95. The number of nitrogens with zero attached hydrogens (tertiary/aromatic N) is 2. The Morgan fingerprint density at radius 3 is 2.75 bits per heavy atom. The van der Waals surface area contributed by atoms with E-state index in [1.165, 1.54) is 0 Å². The van der Waals surface area contributed by atoms with Crippen molar-refractivity contribution in [2.24, 2.45) is 0 Å². The van der Waals surface area contributed by atoms with E-state index in [1.54, 1.807) is 0 Å². The van der Waals surface area contributed by atoms with E-state index in [-0.39, 0.29) is 5.82 Å². The van der Waals surface area contributed by atoms with Gasteiger partial charge in [-0.15, -0.1) is 6.42 Å². The number of hydrogen-bond acceptors (Lipinski definition) is 6. The molecule has 0 unspecified atom stereocenters. The molecule has 7 nitrogen and oxygen atoms in total. The number of ether oxygens (including phenoxy) is 1. The molecule has 2 fully saturated rings. The van der Waals surface area contributed by atoms with Gasteiger partial charge in [0, 0.05) is 6.20 Å². The van der Waals surface area contributed by atoms with Crippen LogP contribution in [0.15, 0.2) is 17.1 Å². The highest BCUT2D eigenvalue weighted by molar-refractivity contribution is 5.47. The maximum Gasteiger partial charge on any atom is 0.351 e. The van der Waals surface area contributed by atoms with Gasteiger partial charge in [0.05, 0.1) is 0 Å². The number of aliphatic hydroxyl groups excluding tert-OH is 1. The minimum Gasteiger partial charge on any atom is -0.385 e. The Morgan fingerprint density at radius 1 is 1.60 bits per heavy atom. The predicted octanol–water partition coefficient (Wildman–Crippen LogP) is -1.53. The van der Waals surface area contributed by atoms with Gasteiger partial charge in [0.2, 0.25) is 11.8 Å². The normalized spacial score (nSPS) is 41.0. The number of anilines is 1. The molecule has 0 spiro atoms. The third-order valence-electron chi connectivity index (χ3n) is 3.70. The van der Waals surface area contributed by atoms with E-state index in [1.807, 2.05) is 5.92 Å². The van der Waals surface area contributed by atoms with Crippen molar-refractivity contribution in [3.8, 4) is 12.3 Å². The molecule has 4 atom stereocenters. The van der Waals surface area contributed by atoms with Gasteiger partial charge >= 0.3 is 11.6 Å². The van der Waals surface area contributed by atoms with E-state index >= 15 is 0 Å². The second kappa shape index (κ2) is 3.35. The fourth-order valence-electron chi connectivity index (χ4n) is 2.50. The summed E-state index contributed by atoms with van der Waals surface area (Å²) in [4.78, 5) is 14.9. The van der Waals surface area contributed by atoms with E-state index in [0.717, 1.165) is 12.3 Å². The molecule has 1 aliphatic heterocycles. The topological polar surface area (TPSA) is 111 Å². The van der Waals surface area contributed by atoms with Crippen LogP contribution < -0.4 is 11.4 Å². The first-order chi connectivity index (χ1) is 9.22. The van der Waals surface area contributed by atoms with Crippen molar-refractivity contribution < 1.29 is 23.7 Å². The molecule has 1 saturated heterocycles. The van der Waals surface area contributed by atoms with Gasteiger partial charge in [-0.25, -0.2) is 4.79 Å². The average Bonchev–Trinajstić information content (AvgIpc) is 2.78. The number of fused-ring (bicyclic) bond motifs is 1. The van der Waals surface area contributed by atoms with Crippen LogP contribution in [-0.2, 0) is 4.74 Å². The van der Waals surface area contributed by atoms with Gasteiger partial charge in [0.25, 0.3) is 0 Å². The van der Waals surface area contributed by atoms with E-state index in [4.69, 9.17) is 16.9 Å². The monoisotopic (exact) mass is 285 g/mol. The largest absolute Gasteiger partial charge is 0.385 e. The Morgan fingerprint density at radius 2 is 2.25 bits per heavy atom. The third-order valence-corrected chi connectivity index (χ3v) is 3.70. The summed E-state index contributed by atoms with van der Waals surface area (Å²) in [6.45, 7) is 0. The molecule has 20 heavy (non-hydrogen) atoms. The first-order valence-corrected chi connectivity index (χ1v) is 5.51. The molecule has 1 aliphatic carbocycles. The molecule has 0 aromatic carbocycles. The van der Waals surface area contributed by atoms with Crippen LogP contribution in [0.4, 0.5) is 14.6 Å². The summed E-state index contributed by atoms with van der Waals surface area (Å²) < 4.78 is 33.8. The van der Waals surface area contributed by atoms with E-state index in [9.17, 15) is 23.8 Å². The summed E-state index contributed by atoms with van der Waals surface area (Å²) in [6.07, 6.45) is 1.91. The van der Waals surface area contributed by atoms with Crippen LogP contribution >= 0.6 is 0 Å². The third kappa shape index (κ3) is 1.10. The molecule has 1 aromatic heterocycles. The number of alkyl halides is 2. The summed E-state index contributed by atoms with van der Waals surface area (Å²) in [5.74, 6) is -2.29. The van der Waals surface area contributed by atoms with Gasteiger partial charge in [-0.3, -0.25) is 4.57 Å². The average molecular weight is 285 g/mol. The summed E-state index contributed by atoms with van der Waals surface area (Å²) in [5.41, 5.74) is -0.991. The van der Waals surface area contributed by atoms with Crippen molar-refractivity contribution in [1.29, 1.82) is 0 Å². The molecule has 2 aliphatic rings. The molecule has 106 valence electrons. The van der Waals surface area contributed by atoms with Gasteiger partial charge in [-0.1, -0.05) is 5.92 Å². The van der Waals surface area contributed by atoms with Gasteiger partial charge in [0.1, 0.15) is 11.9 Å². The zero-order valence-electron chi connectivity index (χ0n) is 9.83. The lowest BCUT2D eigenvalue weighted by Crippen LogP contribution is -2.46. The smallest absolute Gasteiger partial charge is 0.351 e. The van der Waals surface area contributed by atoms with Crippen LogP contribution in [0, 0.1) is 12.3 Å². The molecule has 0 radical (unpaired) electrons. The zero-order chi connectivity index (χ0) is 14.9. The Bertz CT molecular complexity index is 700. The number of aromatic nitrogens is 2. The molecule has 9 heteroatoms. The molecule has 0 amide bonds. The molecular weight excluding hydrogens is 276 g/mol.